The van der Waals surface area contributed by atoms with Crippen LogP contribution in [0.3, 0.4) is 0 Å². The molecule has 23 heavy (non-hydrogen) atoms. The van der Waals surface area contributed by atoms with E-state index in [1.165, 1.54) is 0 Å². The van der Waals surface area contributed by atoms with E-state index in [1.807, 2.05) is 0 Å². The van der Waals surface area contributed by atoms with Crippen molar-refractivity contribution in [2.24, 2.45) is 16.5 Å². The monoisotopic (exact) mass is 334 g/mol. The molecule has 0 aromatic rings. The highest BCUT2D eigenvalue weighted by molar-refractivity contribution is 5.85. The molecular formula is C12H19FN4O6. The molecule has 0 bridgehead atoms. The summed E-state index contributed by atoms with van der Waals surface area (Å²) in [7, 11) is 0. The van der Waals surface area contributed by atoms with Gasteiger partial charge in [0.1, 0.15) is 6.10 Å². The lowest BCUT2D eigenvalue weighted by Gasteiger charge is -2.37. The molecular weight excluding hydrogens is 315 g/mol. The van der Waals surface area contributed by atoms with Crippen LogP contribution in [0.15, 0.2) is 16.8 Å². The first-order chi connectivity index (χ1) is 10.7. The normalized spacial score (nSPS) is 26.3. The summed E-state index contributed by atoms with van der Waals surface area (Å²) in [6.45, 7) is 0.225. The van der Waals surface area contributed by atoms with Gasteiger partial charge in [0.15, 0.2) is 18.2 Å². The van der Waals surface area contributed by atoms with Gasteiger partial charge in [-0.3, -0.25) is 4.79 Å². The topological polar surface area (TPSA) is 180 Å². The van der Waals surface area contributed by atoms with Crippen molar-refractivity contribution < 1.29 is 34.0 Å². The average Bonchev–Trinajstić information content (AvgIpc) is 2.45. The summed E-state index contributed by atoms with van der Waals surface area (Å²) in [5.41, 5.74) is 10.5. The molecule has 10 nitrogen and oxygen atoms in total. The molecule has 1 aliphatic heterocycles. The number of amides is 1. The van der Waals surface area contributed by atoms with Gasteiger partial charge in [-0.15, -0.1) is 0 Å². The molecule has 0 aromatic heterocycles. The minimum Gasteiger partial charge on any atom is -0.478 e. The first kappa shape index (κ1) is 18.6. The highest BCUT2D eigenvalue weighted by Gasteiger charge is 2.44. The molecule has 8 N–H and O–H groups in total. The Kier molecular flexibility index (Phi) is 6.28. The Morgan fingerprint density at radius 2 is 2.13 bits per heavy atom. The van der Waals surface area contributed by atoms with Crippen LogP contribution in [0.25, 0.3) is 0 Å². The number of halogens is 1. The number of hydrogen-bond acceptors (Lipinski definition) is 6. The van der Waals surface area contributed by atoms with E-state index in [2.05, 4.69) is 10.3 Å². The van der Waals surface area contributed by atoms with Crippen LogP contribution < -0.4 is 16.8 Å². The highest BCUT2D eigenvalue weighted by Crippen LogP contribution is 2.26. The Labute approximate surface area is 130 Å². The molecule has 0 aliphatic carbocycles. The minimum absolute atomic E-state index is 0.412. The second kappa shape index (κ2) is 7.74. The number of nitrogens with two attached hydrogens (primary N) is 2. The van der Waals surface area contributed by atoms with Gasteiger partial charge in [-0.05, 0) is 6.08 Å². The predicted octanol–water partition coefficient (Wildman–Crippen LogP) is -2.81. The smallest absolute Gasteiger partial charge is 0.370 e. The van der Waals surface area contributed by atoms with Crippen LogP contribution in [0.5, 0.6) is 0 Å². The van der Waals surface area contributed by atoms with E-state index >= 15 is 0 Å². The number of carboxylic acid groups (broad SMARTS) is 1. The molecule has 130 valence electrons. The zero-order chi connectivity index (χ0) is 17.7. The van der Waals surface area contributed by atoms with Crippen LogP contribution >= 0.6 is 0 Å². The number of rotatable bonds is 6. The second-order valence-corrected chi connectivity index (χ2v) is 4.88. The fraction of sp³-hybridized carbons (Fsp3) is 0.583. The summed E-state index contributed by atoms with van der Waals surface area (Å²) in [5, 5.41) is 29.7. The quantitative estimate of drug-likeness (QED) is 0.222. The molecule has 1 aliphatic rings. The van der Waals surface area contributed by atoms with Gasteiger partial charge in [-0.2, -0.15) is 0 Å². The predicted molar refractivity (Wildman–Crippen MR) is 75.8 cm³/mol. The lowest BCUT2D eigenvalue weighted by molar-refractivity contribution is -0.142. The number of carbonyl (C=O) groups is 2. The molecule has 1 amide bonds. The number of alkyl halides is 1. The van der Waals surface area contributed by atoms with Crippen molar-refractivity contribution >= 4 is 17.8 Å². The van der Waals surface area contributed by atoms with Crippen LogP contribution in [0, 0.1) is 0 Å². The van der Waals surface area contributed by atoms with Crippen LogP contribution in [0.4, 0.5) is 4.39 Å². The summed E-state index contributed by atoms with van der Waals surface area (Å²) in [4.78, 5) is 26.2. The van der Waals surface area contributed by atoms with Crippen molar-refractivity contribution in [1.29, 1.82) is 0 Å². The number of aliphatic imine (C=N–C) groups is 1. The molecule has 0 fully saturated rings. The number of nitrogens with one attached hydrogen (secondary N) is 1. The molecule has 5 atom stereocenters. The first-order valence-electron chi connectivity index (χ1n) is 6.58. The molecule has 11 heteroatoms. The molecule has 0 saturated heterocycles. The third-order valence-electron chi connectivity index (χ3n) is 3.05. The van der Waals surface area contributed by atoms with E-state index in [0.29, 0.717) is 0 Å². The molecule has 0 aromatic carbocycles. The number of aliphatic carboxylic acids is 1. The van der Waals surface area contributed by atoms with Crippen molar-refractivity contribution in [3.63, 3.8) is 0 Å². The average molecular weight is 334 g/mol. The van der Waals surface area contributed by atoms with E-state index in [0.717, 1.165) is 13.0 Å². The standard InChI is InChI=1S/C12H19FN4O6/c1-4(19)16-9-5(17-12(14)15)2-7(11(21)22)23-10(9)8(13)6(20)3-18/h2,5-6,8-10,18,20H,3H2,1H3,(H,16,19)(H,21,22)(H4,14,15,17)/t5-,6+,8+,9+,10-/m0/s1. The van der Waals surface area contributed by atoms with E-state index < -0.39 is 60.7 Å². The zero-order valence-corrected chi connectivity index (χ0v) is 12.2. The van der Waals surface area contributed by atoms with Crippen molar-refractivity contribution in [2.45, 2.75) is 37.4 Å². The van der Waals surface area contributed by atoms with Gasteiger partial charge in [-0.25, -0.2) is 14.2 Å². The second-order valence-electron chi connectivity index (χ2n) is 4.88. The van der Waals surface area contributed by atoms with Gasteiger partial charge >= 0.3 is 5.97 Å². The van der Waals surface area contributed by atoms with E-state index in [9.17, 15) is 19.1 Å². The molecule has 1 heterocycles. The van der Waals surface area contributed by atoms with Gasteiger partial charge < -0.3 is 36.8 Å². The Morgan fingerprint density at radius 1 is 1.52 bits per heavy atom. The van der Waals surface area contributed by atoms with Crippen molar-refractivity contribution in [3.05, 3.63) is 11.8 Å². The van der Waals surface area contributed by atoms with Crippen LogP contribution in [-0.2, 0) is 14.3 Å². The zero-order valence-electron chi connectivity index (χ0n) is 12.2. The maximum absolute atomic E-state index is 14.3. The van der Waals surface area contributed by atoms with Gasteiger partial charge in [0, 0.05) is 6.92 Å². The van der Waals surface area contributed by atoms with E-state index in [-0.39, 0.29) is 0 Å². The summed E-state index contributed by atoms with van der Waals surface area (Å²) >= 11 is 0. The Morgan fingerprint density at radius 3 is 2.57 bits per heavy atom. The molecule has 0 unspecified atom stereocenters. The van der Waals surface area contributed by atoms with Crippen LogP contribution in [0.2, 0.25) is 0 Å². The minimum atomic E-state index is -2.20. The number of nitrogens with zero attached hydrogens (tertiary/aromatic N) is 1. The summed E-state index contributed by atoms with van der Waals surface area (Å²) in [5.74, 6) is -3.13. The lowest BCUT2D eigenvalue weighted by atomic mass is 9.93. The Hall–Kier alpha value is -2.40. The maximum atomic E-state index is 14.3. The lowest BCUT2D eigenvalue weighted by Crippen LogP contribution is -2.58. The highest BCUT2D eigenvalue weighted by atomic mass is 19.1. The van der Waals surface area contributed by atoms with Crippen molar-refractivity contribution in [2.75, 3.05) is 6.61 Å². The van der Waals surface area contributed by atoms with E-state index in [4.69, 9.17) is 26.4 Å². The van der Waals surface area contributed by atoms with Gasteiger partial charge in [-0.1, -0.05) is 0 Å². The summed E-state index contributed by atoms with van der Waals surface area (Å²) in [6, 6.07) is -2.31. The SMILES string of the molecule is CC(=O)N[C@H]1[C@H]([C@H](F)[C@H](O)CO)OC(C(=O)O)=C[C@@H]1N=C(N)N. The van der Waals surface area contributed by atoms with Gasteiger partial charge in [0.05, 0.1) is 18.7 Å². The Bertz CT molecular complexity index is 522. The van der Waals surface area contributed by atoms with E-state index in [1.54, 1.807) is 0 Å². The Balaban J connectivity index is 3.28. The van der Waals surface area contributed by atoms with Crippen LogP contribution in [-0.4, -0.2) is 70.2 Å². The number of aliphatic hydroxyl groups excluding tert-OH is 2. The largest absolute Gasteiger partial charge is 0.478 e. The fourth-order valence-electron chi connectivity index (χ4n) is 2.11. The maximum Gasteiger partial charge on any atom is 0.370 e. The van der Waals surface area contributed by atoms with Gasteiger partial charge in [0.25, 0.3) is 0 Å². The number of hydrogen-bond donors (Lipinski definition) is 6. The van der Waals surface area contributed by atoms with Crippen molar-refractivity contribution in [3.8, 4) is 0 Å². The number of ether oxygens (including phenoxy) is 1. The molecule has 0 spiro atoms. The number of carboxylic acids is 1. The number of guanidine groups is 1. The third-order valence-corrected chi connectivity index (χ3v) is 3.05. The fourth-order valence-corrected chi connectivity index (χ4v) is 2.11. The van der Waals surface area contributed by atoms with Crippen LogP contribution in [0.1, 0.15) is 6.92 Å². The summed E-state index contributed by atoms with van der Waals surface area (Å²) < 4.78 is 19.3. The first-order valence-corrected chi connectivity index (χ1v) is 6.58. The molecule has 0 saturated carbocycles. The third kappa shape index (κ3) is 4.79. The van der Waals surface area contributed by atoms with Crippen molar-refractivity contribution in [1.82, 2.24) is 5.32 Å². The molecule has 1 rings (SSSR count). The van der Waals surface area contributed by atoms with Gasteiger partial charge in [0.2, 0.25) is 11.7 Å². The summed E-state index contributed by atoms with van der Waals surface area (Å²) in [6.07, 6.45) is -4.65. The molecule has 0 radical (unpaired) electrons. The number of aliphatic hydroxyl groups is 2. The number of carbonyl (C=O) groups excluding carboxylic acids is 1.